The summed E-state index contributed by atoms with van der Waals surface area (Å²) in [6, 6.07) is 7.82. The summed E-state index contributed by atoms with van der Waals surface area (Å²) in [4.78, 5) is 14.9. The van der Waals surface area contributed by atoms with E-state index >= 15 is 0 Å². The number of hydrogen-bond donors (Lipinski definition) is 1. The number of aryl methyl sites for hydroxylation is 2. The number of amides is 1. The molecule has 6 nitrogen and oxygen atoms in total. The third kappa shape index (κ3) is 2.94. The molecule has 122 valence electrons. The molecule has 0 radical (unpaired) electrons. The number of methoxy groups -OCH3 is 1. The molecule has 0 spiro atoms. The average Bonchev–Trinajstić information content (AvgIpc) is 2.92. The molecule has 0 unspecified atom stereocenters. The van der Waals surface area contributed by atoms with Gasteiger partial charge in [-0.3, -0.25) is 9.48 Å². The molecule has 1 atom stereocenters. The Morgan fingerprint density at radius 1 is 1.39 bits per heavy atom. The zero-order valence-corrected chi connectivity index (χ0v) is 13.7. The number of para-hydroxylation sites is 1. The fraction of sp³-hybridized carbons (Fsp3) is 0.412. The van der Waals surface area contributed by atoms with E-state index in [1.54, 1.807) is 18.0 Å². The lowest BCUT2D eigenvalue weighted by molar-refractivity contribution is 0.0631. The smallest absolute Gasteiger partial charge is 0.257 e. The van der Waals surface area contributed by atoms with Crippen LogP contribution in [-0.2, 0) is 7.05 Å². The first-order valence-electron chi connectivity index (χ1n) is 7.76. The Labute approximate surface area is 136 Å². The summed E-state index contributed by atoms with van der Waals surface area (Å²) in [6.07, 6.45) is 1.79. The predicted molar refractivity (Wildman–Crippen MR) is 87.6 cm³/mol. The van der Waals surface area contributed by atoms with Crippen molar-refractivity contribution in [2.45, 2.75) is 13.0 Å². The molecule has 0 saturated carbocycles. The highest BCUT2D eigenvalue weighted by Crippen LogP contribution is 2.31. The molecule has 1 amide bonds. The van der Waals surface area contributed by atoms with Crippen LogP contribution in [-0.4, -0.2) is 47.3 Å². The van der Waals surface area contributed by atoms with Crippen LogP contribution in [0, 0.1) is 6.92 Å². The van der Waals surface area contributed by atoms with Crippen LogP contribution in [0.25, 0.3) is 0 Å². The molecule has 3 rings (SSSR count). The maximum Gasteiger partial charge on any atom is 0.257 e. The maximum atomic E-state index is 13.0. The standard InChI is InChI=1S/C17H22N4O2/c1-12-14(11-20(2)19-12)17(22)21-9-8-18-10-15(21)13-6-4-5-7-16(13)23-3/h4-7,11,15,18H,8-10H2,1-3H3/t15-/m1/s1. The SMILES string of the molecule is COc1ccccc1[C@H]1CNCCN1C(=O)c1cn(C)nc1C. The lowest BCUT2D eigenvalue weighted by Gasteiger charge is -2.37. The molecular weight excluding hydrogens is 292 g/mol. The van der Waals surface area contributed by atoms with Gasteiger partial charge in [-0.05, 0) is 13.0 Å². The fourth-order valence-electron chi connectivity index (χ4n) is 3.13. The van der Waals surface area contributed by atoms with Gasteiger partial charge in [0.15, 0.2) is 0 Å². The van der Waals surface area contributed by atoms with Gasteiger partial charge in [-0.2, -0.15) is 5.10 Å². The van der Waals surface area contributed by atoms with Crippen molar-refractivity contribution < 1.29 is 9.53 Å². The van der Waals surface area contributed by atoms with Crippen molar-refractivity contribution in [1.82, 2.24) is 20.0 Å². The van der Waals surface area contributed by atoms with E-state index < -0.39 is 0 Å². The van der Waals surface area contributed by atoms with Gasteiger partial charge in [0.05, 0.1) is 24.4 Å². The highest BCUT2D eigenvalue weighted by atomic mass is 16.5. The summed E-state index contributed by atoms with van der Waals surface area (Å²) in [7, 11) is 3.49. The quantitative estimate of drug-likeness (QED) is 0.933. The first-order chi connectivity index (χ1) is 11.1. The highest BCUT2D eigenvalue weighted by Gasteiger charge is 2.31. The Balaban J connectivity index is 1.96. The van der Waals surface area contributed by atoms with Crippen LogP contribution in [0.5, 0.6) is 5.75 Å². The summed E-state index contributed by atoms with van der Waals surface area (Å²) in [5, 5.41) is 7.66. The molecule has 1 aliphatic heterocycles. The number of aromatic nitrogens is 2. The molecule has 23 heavy (non-hydrogen) atoms. The second-order valence-corrected chi connectivity index (χ2v) is 5.76. The maximum absolute atomic E-state index is 13.0. The van der Waals surface area contributed by atoms with Crippen molar-refractivity contribution in [1.29, 1.82) is 0 Å². The number of carbonyl (C=O) groups is 1. The van der Waals surface area contributed by atoms with E-state index in [9.17, 15) is 4.79 Å². The van der Waals surface area contributed by atoms with E-state index in [0.29, 0.717) is 18.7 Å². The van der Waals surface area contributed by atoms with E-state index in [2.05, 4.69) is 10.4 Å². The van der Waals surface area contributed by atoms with Gasteiger partial charge in [0.2, 0.25) is 0 Å². The van der Waals surface area contributed by atoms with Gasteiger partial charge in [0.1, 0.15) is 5.75 Å². The molecule has 1 saturated heterocycles. The van der Waals surface area contributed by atoms with Gasteiger partial charge in [-0.15, -0.1) is 0 Å². The van der Waals surface area contributed by atoms with Crippen molar-refractivity contribution in [2.24, 2.45) is 7.05 Å². The summed E-state index contributed by atoms with van der Waals surface area (Å²) in [6.45, 7) is 4.03. The third-order valence-electron chi connectivity index (χ3n) is 4.25. The number of carbonyl (C=O) groups excluding carboxylic acids is 1. The summed E-state index contributed by atoms with van der Waals surface area (Å²) in [5.41, 5.74) is 2.45. The van der Waals surface area contributed by atoms with Crippen molar-refractivity contribution in [3.8, 4) is 5.75 Å². The molecule has 1 fully saturated rings. The first kappa shape index (κ1) is 15.6. The number of benzene rings is 1. The third-order valence-corrected chi connectivity index (χ3v) is 4.25. The number of piperazine rings is 1. The van der Waals surface area contributed by atoms with Crippen LogP contribution in [0.1, 0.15) is 27.7 Å². The Bertz CT molecular complexity index is 710. The van der Waals surface area contributed by atoms with Gasteiger partial charge in [0.25, 0.3) is 5.91 Å². The number of nitrogens with zero attached hydrogens (tertiary/aromatic N) is 3. The van der Waals surface area contributed by atoms with Gasteiger partial charge in [-0.25, -0.2) is 0 Å². The number of ether oxygens (including phenoxy) is 1. The van der Waals surface area contributed by atoms with Gasteiger partial charge < -0.3 is 15.0 Å². The van der Waals surface area contributed by atoms with Crippen LogP contribution >= 0.6 is 0 Å². The zero-order valence-electron chi connectivity index (χ0n) is 13.7. The average molecular weight is 314 g/mol. The van der Waals surface area contributed by atoms with Crippen LogP contribution in [0.15, 0.2) is 30.5 Å². The topological polar surface area (TPSA) is 59.4 Å². The van der Waals surface area contributed by atoms with Crippen LogP contribution in [0.4, 0.5) is 0 Å². The fourth-order valence-corrected chi connectivity index (χ4v) is 3.13. The molecule has 2 heterocycles. The lowest BCUT2D eigenvalue weighted by atomic mass is 10.0. The Morgan fingerprint density at radius 3 is 2.87 bits per heavy atom. The van der Waals surface area contributed by atoms with Crippen molar-refractivity contribution >= 4 is 5.91 Å². The van der Waals surface area contributed by atoms with Crippen LogP contribution in [0.2, 0.25) is 0 Å². The largest absolute Gasteiger partial charge is 0.496 e. The van der Waals surface area contributed by atoms with Gasteiger partial charge in [-0.1, -0.05) is 18.2 Å². The molecule has 1 aromatic heterocycles. The van der Waals surface area contributed by atoms with Crippen molar-refractivity contribution in [2.75, 3.05) is 26.7 Å². The minimum Gasteiger partial charge on any atom is -0.496 e. The molecular formula is C17H22N4O2. The minimum atomic E-state index is -0.0491. The van der Waals surface area contributed by atoms with Gasteiger partial charge >= 0.3 is 0 Å². The van der Waals surface area contributed by atoms with Gasteiger partial charge in [0, 0.05) is 38.4 Å². The summed E-state index contributed by atoms with van der Waals surface area (Å²) < 4.78 is 7.16. The number of nitrogens with one attached hydrogen (secondary N) is 1. The van der Waals surface area contributed by atoms with E-state index in [1.165, 1.54) is 0 Å². The molecule has 1 aliphatic rings. The Morgan fingerprint density at radius 2 is 2.17 bits per heavy atom. The second-order valence-electron chi connectivity index (χ2n) is 5.76. The summed E-state index contributed by atoms with van der Waals surface area (Å²) >= 11 is 0. The van der Waals surface area contributed by atoms with Crippen molar-refractivity contribution in [3.05, 3.63) is 47.3 Å². The zero-order chi connectivity index (χ0) is 16.4. The highest BCUT2D eigenvalue weighted by molar-refractivity contribution is 5.95. The molecule has 0 bridgehead atoms. The van der Waals surface area contributed by atoms with Crippen LogP contribution in [0.3, 0.4) is 0 Å². The van der Waals surface area contributed by atoms with E-state index in [4.69, 9.17) is 4.74 Å². The Kier molecular flexibility index (Phi) is 4.34. The van der Waals surface area contributed by atoms with E-state index in [0.717, 1.165) is 23.6 Å². The Hall–Kier alpha value is -2.34. The normalized spacial score (nSPS) is 18.0. The second kappa shape index (κ2) is 6.42. The first-order valence-corrected chi connectivity index (χ1v) is 7.76. The number of hydrogen-bond acceptors (Lipinski definition) is 4. The summed E-state index contributed by atoms with van der Waals surface area (Å²) in [5.74, 6) is 0.829. The molecule has 0 aliphatic carbocycles. The predicted octanol–water partition coefficient (Wildman–Crippen LogP) is 1.52. The monoisotopic (exact) mass is 314 g/mol. The molecule has 1 aromatic carbocycles. The molecule has 1 N–H and O–H groups in total. The van der Waals surface area contributed by atoms with Crippen molar-refractivity contribution in [3.63, 3.8) is 0 Å². The number of rotatable bonds is 3. The van der Waals surface area contributed by atoms with E-state index in [1.807, 2.05) is 43.1 Å². The van der Waals surface area contributed by atoms with E-state index in [-0.39, 0.29) is 11.9 Å². The minimum absolute atomic E-state index is 0.0213. The molecule has 2 aromatic rings. The van der Waals surface area contributed by atoms with Crippen LogP contribution < -0.4 is 10.1 Å². The lowest BCUT2D eigenvalue weighted by Crippen LogP contribution is -2.48. The molecule has 6 heteroatoms.